The van der Waals surface area contributed by atoms with E-state index in [1.807, 2.05) is 6.92 Å². The Morgan fingerprint density at radius 2 is 2.33 bits per heavy atom. The van der Waals surface area contributed by atoms with Crippen LogP contribution in [0.1, 0.15) is 45.1 Å². The van der Waals surface area contributed by atoms with Crippen molar-refractivity contribution in [2.45, 2.75) is 39.5 Å². The Morgan fingerprint density at radius 3 is 3.00 bits per heavy atom. The van der Waals surface area contributed by atoms with Gasteiger partial charge in [-0.05, 0) is 64.7 Å². The van der Waals surface area contributed by atoms with E-state index in [9.17, 15) is 9.90 Å². The normalized spacial score (nSPS) is 28.5. The number of aromatic hydroxyl groups is 1. The average Bonchev–Trinajstić information content (AvgIpc) is 3.18. The van der Waals surface area contributed by atoms with Crippen molar-refractivity contribution in [2.75, 3.05) is 6.61 Å². The number of hydrogen-bond donors (Lipinski definition) is 2. The lowest BCUT2D eigenvalue weighted by molar-refractivity contribution is -0.123. The SMILES string of the molecule is CCOc1cc(/C=N/NC(=O)[C@@H]2[C@H]3CCCC[C@]32C)cc(Br)c1O. The van der Waals surface area contributed by atoms with Crippen molar-refractivity contribution in [1.29, 1.82) is 0 Å². The zero-order chi connectivity index (χ0) is 17.3. The smallest absolute Gasteiger partial charge is 0.244 e. The monoisotopic (exact) mass is 394 g/mol. The van der Waals surface area contributed by atoms with Crippen molar-refractivity contribution in [3.63, 3.8) is 0 Å². The Bertz CT molecular complexity index is 676. The number of carbonyl (C=O) groups is 1. The number of hydrogen-bond acceptors (Lipinski definition) is 4. The molecule has 2 aliphatic carbocycles. The van der Waals surface area contributed by atoms with Gasteiger partial charge < -0.3 is 9.84 Å². The molecule has 0 heterocycles. The molecular weight excluding hydrogens is 372 g/mol. The summed E-state index contributed by atoms with van der Waals surface area (Å²) in [6.07, 6.45) is 6.32. The maximum Gasteiger partial charge on any atom is 0.244 e. The molecule has 0 bridgehead atoms. The summed E-state index contributed by atoms with van der Waals surface area (Å²) < 4.78 is 5.91. The van der Waals surface area contributed by atoms with Crippen LogP contribution in [-0.2, 0) is 4.79 Å². The van der Waals surface area contributed by atoms with Crippen LogP contribution in [0.25, 0.3) is 0 Å². The number of nitrogens with one attached hydrogen (secondary N) is 1. The Morgan fingerprint density at radius 1 is 1.54 bits per heavy atom. The minimum Gasteiger partial charge on any atom is -0.503 e. The largest absolute Gasteiger partial charge is 0.503 e. The molecule has 5 nitrogen and oxygen atoms in total. The quantitative estimate of drug-likeness (QED) is 0.588. The van der Waals surface area contributed by atoms with Gasteiger partial charge in [0.25, 0.3) is 0 Å². The lowest BCUT2D eigenvalue weighted by Crippen LogP contribution is -2.22. The van der Waals surface area contributed by atoms with Gasteiger partial charge >= 0.3 is 0 Å². The molecule has 0 aliphatic heterocycles. The van der Waals surface area contributed by atoms with Crippen LogP contribution >= 0.6 is 15.9 Å². The van der Waals surface area contributed by atoms with Crippen LogP contribution in [0.15, 0.2) is 21.7 Å². The van der Waals surface area contributed by atoms with Gasteiger partial charge in [-0.15, -0.1) is 0 Å². The molecule has 0 spiro atoms. The van der Waals surface area contributed by atoms with E-state index in [0.717, 1.165) is 18.4 Å². The molecule has 2 fully saturated rings. The molecule has 0 radical (unpaired) electrons. The van der Waals surface area contributed by atoms with Crippen LogP contribution < -0.4 is 10.2 Å². The predicted octanol–water partition coefficient (Wildman–Crippen LogP) is 3.83. The molecule has 1 amide bonds. The van der Waals surface area contributed by atoms with Gasteiger partial charge in [-0.3, -0.25) is 4.79 Å². The molecule has 0 aromatic heterocycles. The number of nitrogens with zero attached hydrogens (tertiary/aromatic N) is 1. The topological polar surface area (TPSA) is 70.9 Å². The summed E-state index contributed by atoms with van der Waals surface area (Å²) in [5.74, 6) is 1.09. The standard InChI is InChI=1S/C18H23BrN2O3/c1-3-24-14-9-11(8-13(19)16(14)22)10-20-21-17(23)15-12-6-4-5-7-18(12,15)2/h8-10,12,15,22H,3-7H2,1-2H3,(H,21,23)/b20-10+/t12-,15+,18-/m1/s1. The summed E-state index contributed by atoms with van der Waals surface area (Å²) in [4.78, 5) is 12.4. The lowest BCUT2D eigenvalue weighted by atomic mass is 9.90. The first-order valence-corrected chi connectivity index (χ1v) is 9.25. The van der Waals surface area contributed by atoms with E-state index in [2.05, 4.69) is 33.4 Å². The molecule has 6 heteroatoms. The number of ether oxygens (including phenoxy) is 1. The van der Waals surface area contributed by atoms with Gasteiger partial charge in [0.2, 0.25) is 5.91 Å². The van der Waals surface area contributed by atoms with Crippen LogP contribution in [0, 0.1) is 17.3 Å². The zero-order valence-electron chi connectivity index (χ0n) is 14.0. The van der Waals surface area contributed by atoms with E-state index in [4.69, 9.17) is 4.74 Å². The highest BCUT2D eigenvalue weighted by Crippen LogP contribution is 2.66. The first-order chi connectivity index (χ1) is 11.5. The highest BCUT2D eigenvalue weighted by molar-refractivity contribution is 9.10. The maximum absolute atomic E-state index is 12.4. The first-order valence-electron chi connectivity index (χ1n) is 8.45. The average molecular weight is 395 g/mol. The second-order valence-electron chi connectivity index (χ2n) is 6.85. The fraction of sp³-hybridized carbons (Fsp3) is 0.556. The van der Waals surface area contributed by atoms with Gasteiger partial charge in [-0.25, -0.2) is 5.43 Å². The Labute approximate surface area is 150 Å². The summed E-state index contributed by atoms with van der Waals surface area (Å²) >= 11 is 3.29. The van der Waals surface area contributed by atoms with Crippen molar-refractivity contribution in [2.24, 2.45) is 22.4 Å². The van der Waals surface area contributed by atoms with Gasteiger partial charge in [0, 0.05) is 5.92 Å². The second kappa shape index (κ2) is 6.75. The Kier molecular flexibility index (Phi) is 4.85. The summed E-state index contributed by atoms with van der Waals surface area (Å²) in [5.41, 5.74) is 3.59. The number of hydrazone groups is 1. The molecule has 0 saturated heterocycles. The maximum atomic E-state index is 12.4. The van der Waals surface area contributed by atoms with E-state index in [1.54, 1.807) is 18.3 Å². The van der Waals surface area contributed by atoms with Gasteiger partial charge in [0.15, 0.2) is 11.5 Å². The number of rotatable bonds is 5. The van der Waals surface area contributed by atoms with E-state index < -0.39 is 0 Å². The van der Waals surface area contributed by atoms with E-state index in [-0.39, 0.29) is 23.0 Å². The molecule has 3 rings (SSSR count). The summed E-state index contributed by atoms with van der Waals surface area (Å²) in [5, 5.41) is 14.0. The molecule has 1 aromatic carbocycles. The number of amides is 1. The van der Waals surface area contributed by atoms with E-state index in [1.165, 1.54) is 12.8 Å². The summed E-state index contributed by atoms with van der Waals surface area (Å²) in [6, 6.07) is 3.42. The minimum absolute atomic E-state index is 0.0172. The molecule has 130 valence electrons. The van der Waals surface area contributed by atoms with Gasteiger partial charge in [-0.1, -0.05) is 19.8 Å². The number of fused-ring (bicyclic) bond motifs is 1. The first kappa shape index (κ1) is 17.3. The molecule has 2 saturated carbocycles. The van der Waals surface area contributed by atoms with Gasteiger partial charge in [0.05, 0.1) is 17.3 Å². The highest BCUT2D eigenvalue weighted by atomic mass is 79.9. The Balaban J connectivity index is 1.63. The number of phenolic OH excluding ortho intramolecular Hbond substituents is 1. The number of carbonyl (C=O) groups excluding carboxylic acids is 1. The van der Waals surface area contributed by atoms with E-state index >= 15 is 0 Å². The third-order valence-electron chi connectivity index (χ3n) is 5.35. The van der Waals surface area contributed by atoms with Crippen LogP contribution in [0.4, 0.5) is 0 Å². The second-order valence-corrected chi connectivity index (χ2v) is 7.71. The van der Waals surface area contributed by atoms with Gasteiger partial charge in [0.1, 0.15) is 0 Å². The fourth-order valence-electron chi connectivity index (χ4n) is 4.02. The number of phenols is 1. The highest BCUT2D eigenvalue weighted by Gasteiger charge is 2.64. The Hall–Kier alpha value is -1.56. The molecule has 2 aliphatic rings. The van der Waals surface area contributed by atoms with Crippen LogP contribution in [0.5, 0.6) is 11.5 Å². The predicted molar refractivity (Wildman–Crippen MR) is 96.3 cm³/mol. The van der Waals surface area contributed by atoms with Crippen LogP contribution in [-0.4, -0.2) is 23.8 Å². The molecule has 3 atom stereocenters. The third-order valence-corrected chi connectivity index (χ3v) is 5.96. The lowest BCUT2D eigenvalue weighted by Gasteiger charge is -2.15. The molecule has 2 N–H and O–H groups in total. The van der Waals surface area contributed by atoms with Crippen molar-refractivity contribution in [3.8, 4) is 11.5 Å². The van der Waals surface area contributed by atoms with Crippen molar-refractivity contribution < 1.29 is 14.6 Å². The molecule has 1 aromatic rings. The van der Waals surface area contributed by atoms with Crippen LogP contribution in [0.2, 0.25) is 0 Å². The fourth-order valence-corrected chi connectivity index (χ4v) is 4.48. The zero-order valence-corrected chi connectivity index (χ0v) is 15.6. The molecular formula is C18H23BrN2O3. The summed E-state index contributed by atoms with van der Waals surface area (Å²) in [7, 11) is 0. The number of benzene rings is 1. The van der Waals surface area contributed by atoms with Crippen molar-refractivity contribution in [3.05, 3.63) is 22.2 Å². The van der Waals surface area contributed by atoms with E-state index in [0.29, 0.717) is 22.7 Å². The number of halogens is 1. The summed E-state index contributed by atoms with van der Waals surface area (Å²) in [6.45, 7) is 4.53. The third kappa shape index (κ3) is 3.16. The van der Waals surface area contributed by atoms with Gasteiger partial charge in [-0.2, -0.15) is 5.10 Å². The van der Waals surface area contributed by atoms with Crippen molar-refractivity contribution >= 4 is 28.1 Å². The van der Waals surface area contributed by atoms with Crippen LogP contribution in [0.3, 0.4) is 0 Å². The molecule has 24 heavy (non-hydrogen) atoms. The molecule has 0 unspecified atom stereocenters. The van der Waals surface area contributed by atoms with Crippen molar-refractivity contribution in [1.82, 2.24) is 5.43 Å². The minimum atomic E-state index is 0.0172.